The number of ether oxygens (including phenoxy) is 1. The second-order valence-electron chi connectivity index (χ2n) is 3.83. The molecule has 0 radical (unpaired) electrons. The number of aryl methyl sites for hydroxylation is 1. The second kappa shape index (κ2) is 3.95. The molecule has 3 nitrogen and oxygen atoms in total. The van der Waals surface area contributed by atoms with Gasteiger partial charge in [-0.1, -0.05) is 6.07 Å². The molecule has 0 spiro atoms. The number of aliphatic hydroxyl groups excluding tert-OH is 1. The fraction of sp³-hybridized carbons (Fsp3) is 0.333. The summed E-state index contributed by atoms with van der Waals surface area (Å²) in [5.41, 5.74) is 2.17. The number of aromatic nitrogens is 1. The first-order valence-corrected chi connectivity index (χ1v) is 5.06. The summed E-state index contributed by atoms with van der Waals surface area (Å²) < 4.78 is 5.52. The van der Waals surface area contributed by atoms with Crippen LogP contribution in [0.5, 0.6) is 5.75 Å². The number of benzene rings is 1. The van der Waals surface area contributed by atoms with Crippen molar-refractivity contribution in [2.75, 3.05) is 6.61 Å². The van der Waals surface area contributed by atoms with Gasteiger partial charge in [0.2, 0.25) is 0 Å². The van der Waals surface area contributed by atoms with Gasteiger partial charge in [0.15, 0.2) is 0 Å². The van der Waals surface area contributed by atoms with Crippen LogP contribution in [0.4, 0.5) is 0 Å². The summed E-state index contributed by atoms with van der Waals surface area (Å²) in [6.07, 6.45) is -0.444. The van der Waals surface area contributed by atoms with Crippen molar-refractivity contribution in [1.82, 2.24) is 4.98 Å². The van der Waals surface area contributed by atoms with Gasteiger partial charge >= 0.3 is 0 Å². The van der Waals surface area contributed by atoms with E-state index in [0.29, 0.717) is 6.61 Å². The molecule has 0 saturated carbocycles. The molecule has 80 valence electrons. The molecule has 0 fully saturated rings. The summed E-state index contributed by atoms with van der Waals surface area (Å²) in [4.78, 5) is 3.24. The predicted octanol–water partition coefficient (Wildman–Crippen LogP) is 2.24. The van der Waals surface area contributed by atoms with E-state index < -0.39 is 6.10 Å². The van der Waals surface area contributed by atoms with Crippen molar-refractivity contribution in [2.45, 2.75) is 20.0 Å². The van der Waals surface area contributed by atoms with E-state index in [1.54, 1.807) is 6.92 Å². The molecular formula is C12H15NO2. The quantitative estimate of drug-likeness (QED) is 0.807. The second-order valence-corrected chi connectivity index (χ2v) is 3.83. The minimum absolute atomic E-state index is 0.323. The first-order chi connectivity index (χ1) is 7.16. The first-order valence-electron chi connectivity index (χ1n) is 5.06. The third kappa shape index (κ3) is 2.13. The maximum Gasteiger partial charge on any atom is 0.128 e. The third-order valence-electron chi connectivity index (χ3n) is 2.24. The molecule has 1 unspecified atom stereocenters. The third-order valence-corrected chi connectivity index (χ3v) is 2.24. The van der Waals surface area contributed by atoms with E-state index in [9.17, 15) is 0 Å². The molecule has 2 N–H and O–H groups in total. The zero-order valence-corrected chi connectivity index (χ0v) is 8.95. The highest BCUT2D eigenvalue weighted by atomic mass is 16.5. The molecule has 1 atom stereocenters. The Bertz CT molecular complexity index is 460. The number of nitrogens with one attached hydrogen (secondary N) is 1. The Morgan fingerprint density at radius 1 is 1.47 bits per heavy atom. The smallest absolute Gasteiger partial charge is 0.128 e. The minimum atomic E-state index is -0.444. The summed E-state index contributed by atoms with van der Waals surface area (Å²) in [6, 6.07) is 7.91. The molecule has 0 saturated heterocycles. The highest BCUT2D eigenvalue weighted by molar-refractivity contribution is 5.86. The van der Waals surface area contributed by atoms with E-state index in [0.717, 1.165) is 22.3 Å². The largest absolute Gasteiger partial charge is 0.490 e. The topological polar surface area (TPSA) is 45.2 Å². The summed E-state index contributed by atoms with van der Waals surface area (Å²) in [6.45, 7) is 4.05. The van der Waals surface area contributed by atoms with Crippen molar-refractivity contribution in [2.24, 2.45) is 0 Å². The summed E-state index contributed by atoms with van der Waals surface area (Å²) in [5.74, 6) is 0.817. The molecule has 0 bridgehead atoms. The van der Waals surface area contributed by atoms with Gasteiger partial charge in [-0.2, -0.15) is 0 Å². The fourth-order valence-corrected chi connectivity index (χ4v) is 1.60. The van der Waals surface area contributed by atoms with Gasteiger partial charge in [-0.3, -0.25) is 0 Å². The number of rotatable bonds is 3. The van der Waals surface area contributed by atoms with E-state index >= 15 is 0 Å². The number of fused-ring (bicyclic) bond motifs is 1. The van der Waals surface area contributed by atoms with Crippen LogP contribution in [0.15, 0.2) is 24.3 Å². The zero-order valence-electron chi connectivity index (χ0n) is 8.95. The van der Waals surface area contributed by atoms with Crippen molar-refractivity contribution >= 4 is 10.9 Å². The van der Waals surface area contributed by atoms with E-state index in [2.05, 4.69) is 4.98 Å². The molecular weight excluding hydrogens is 190 g/mol. The lowest BCUT2D eigenvalue weighted by molar-refractivity contribution is 0.123. The normalized spacial score (nSPS) is 13.0. The molecule has 0 aliphatic carbocycles. The lowest BCUT2D eigenvalue weighted by Gasteiger charge is -2.08. The van der Waals surface area contributed by atoms with Gasteiger partial charge in [-0.25, -0.2) is 0 Å². The Balaban J connectivity index is 2.33. The van der Waals surface area contributed by atoms with Crippen molar-refractivity contribution in [1.29, 1.82) is 0 Å². The number of aliphatic hydroxyl groups is 1. The van der Waals surface area contributed by atoms with Gasteiger partial charge in [0.25, 0.3) is 0 Å². The van der Waals surface area contributed by atoms with Gasteiger partial charge in [0.1, 0.15) is 12.4 Å². The molecule has 15 heavy (non-hydrogen) atoms. The number of hydrogen-bond donors (Lipinski definition) is 2. The molecule has 0 amide bonds. The van der Waals surface area contributed by atoms with Crippen LogP contribution in [-0.2, 0) is 0 Å². The van der Waals surface area contributed by atoms with E-state index in [1.165, 1.54) is 0 Å². The Hall–Kier alpha value is -1.48. The zero-order chi connectivity index (χ0) is 10.8. The molecule has 1 heterocycles. The molecule has 2 rings (SSSR count). The Morgan fingerprint density at radius 2 is 2.27 bits per heavy atom. The molecule has 0 aliphatic rings. The molecule has 3 heteroatoms. The average Bonchev–Trinajstić information content (AvgIpc) is 2.55. The number of hydrogen-bond acceptors (Lipinski definition) is 2. The van der Waals surface area contributed by atoms with Crippen LogP contribution >= 0.6 is 0 Å². The monoisotopic (exact) mass is 205 g/mol. The first kappa shape index (κ1) is 10.1. The van der Waals surface area contributed by atoms with Crippen LogP contribution in [0.1, 0.15) is 12.6 Å². The highest BCUT2D eigenvalue weighted by Gasteiger charge is 2.05. The van der Waals surface area contributed by atoms with Gasteiger partial charge in [-0.05, 0) is 32.0 Å². The summed E-state index contributed by atoms with van der Waals surface area (Å²) in [7, 11) is 0. The lowest BCUT2D eigenvalue weighted by atomic mass is 10.2. The molecule has 1 aromatic heterocycles. The van der Waals surface area contributed by atoms with Crippen molar-refractivity contribution in [3.05, 3.63) is 30.0 Å². The Labute approximate surface area is 88.7 Å². The van der Waals surface area contributed by atoms with E-state index in [1.807, 2.05) is 31.2 Å². The van der Waals surface area contributed by atoms with Crippen LogP contribution in [0.3, 0.4) is 0 Å². The number of aromatic amines is 1. The van der Waals surface area contributed by atoms with Gasteiger partial charge in [-0.15, -0.1) is 0 Å². The van der Waals surface area contributed by atoms with E-state index in [4.69, 9.17) is 9.84 Å². The van der Waals surface area contributed by atoms with Crippen molar-refractivity contribution in [3.63, 3.8) is 0 Å². The Morgan fingerprint density at radius 3 is 3.00 bits per heavy atom. The van der Waals surface area contributed by atoms with Crippen molar-refractivity contribution in [3.8, 4) is 5.75 Å². The van der Waals surface area contributed by atoms with Gasteiger partial charge in [0, 0.05) is 16.6 Å². The van der Waals surface area contributed by atoms with Crippen LogP contribution in [0.25, 0.3) is 10.9 Å². The molecule has 2 aromatic rings. The van der Waals surface area contributed by atoms with Gasteiger partial charge < -0.3 is 14.8 Å². The van der Waals surface area contributed by atoms with Gasteiger partial charge in [0.05, 0.1) is 6.10 Å². The highest BCUT2D eigenvalue weighted by Crippen LogP contribution is 2.26. The lowest BCUT2D eigenvalue weighted by Crippen LogP contribution is -2.12. The SMILES string of the molecule is Cc1cc2c(OCC(C)O)cccc2[nH]1. The van der Waals surface area contributed by atoms with Crippen molar-refractivity contribution < 1.29 is 9.84 Å². The molecule has 0 aliphatic heterocycles. The number of H-pyrrole nitrogens is 1. The minimum Gasteiger partial charge on any atom is -0.490 e. The van der Waals surface area contributed by atoms with Crippen LogP contribution in [-0.4, -0.2) is 22.8 Å². The van der Waals surface area contributed by atoms with Crippen LogP contribution in [0, 0.1) is 6.92 Å². The maximum atomic E-state index is 9.16. The summed E-state index contributed by atoms with van der Waals surface area (Å²) in [5, 5.41) is 10.2. The predicted molar refractivity (Wildman–Crippen MR) is 60.2 cm³/mol. The summed E-state index contributed by atoms with van der Waals surface area (Å²) >= 11 is 0. The van der Waals surface area contributed by atoms with Crippen LogP contribution < -0.4 is 4.74 Å². The van der Waals surface area contributed by atoms with E-state index in [-0.39, 0.29) is 0 Å². The average molecular weight is 205 g/mol. The Kier molecular flexibility index (Phi) is 2.64. The standard InChI is InChI=1S/C12H15NO2/c1-8-6-10-11(13-8)4-3-5-12(10)15-7-9(2)14/h3-6,9,13-14H,7H2,1-2H3. The van der Waals surface area contributed by atoms with Crippen LogP contribution in [0.2, 0.25) is 0 Å². The molecule has 1 aromatic carbocycles. The fourth-order valence-electron chi connectivity index (χ4n) is 1.60. The maximum absolute atomic E-state index is 9.16.